The molecule has 0 fully saturated rings. The van der Waals surface area contributed by atoms with E-state index in [2.05, 4.69) is 61.4 Å². The Morgan fingerprint density at radius 2 is 1.60 bits per heavy atom. The Morgan fingerprint density at radius 3 is 2.24 bits per heavy atom. The van der Waals surface area contributed by atoms with E-state index in [4.69, 9.17) is 4.98 Å². The normalized spacial score (nSPS) is 13.0. The van der Waals surface area contributed by atoms with Crippen LogP contribution >= 0.6 is 0 Å². The van der Waals surface area contributed by atoms with Crippen LogP contribution in [0, 0.1) is 0 Å². The Labute approximate surface area is 154 Å². The molecule has 2 aromatic rings. The third kappa shape index (κ3) is 5.57. The van der Waals surface area contributed by atoms with Crippen molar-refractivity contribution in [3.63, 3.8) is 0 Å². The second-order valence-electron chi connectivity index (χ2n) is 7.32. The lowest BCUT2D eigenvalue weighted by atomic mass is 10.1. The number of benzene rings is 1. The first kappa shape index (κ1) is 20.0. The summed E-state index contributed by atoms with van der Waals surface area (Å²) < 4.78 is 2.47. The third-order valence-electron chi connectivity index (χ3n) is 5.25. The highest BCUT2D eigenvalue weighted by atomic mass is 15.1. The molecule has 0 radical (unpaired) electrons. The van der Waals surface area contributed by atoms with Crippen molar-refractivity contribution < 1.29 is 0 Å². The average molecular weight is 344 g/mol. The summed E-state index contributed by atoms with van der Waals surface area (Å²) in [4.78, 5) is 7.59. The van der Waals surface area contributed by atoms with Gasteiger partial charge < -0.3 is 9.47 Å². The first-order valence-corrected chi connectivity index (χ1v) is 10.4. The van der Waals surface area contributed by atoms with E-state index >= 15 is 0 Å². The number of imidazole rings is 1. The van der Waals surface area contributed by atoms with Crippen molar-refractivity contribution in [2.75, 3.05) is 19.6 Å². The molecule has 3 heteroatoms. The summed E-state index contributed by atoms with van der Waals surface area (Å²) in [6.45, 7) is 13.9. The van der Waals surface area contributed by atoms with Gasteiger partial charge >= 0.3 is 0 Å². The van der Waals surface area contributed by atoms with Gasteiger partial charge in [-0.2, -0.15) is 0 Å². The zero-order chi connectivity index (χ0) is 18.1. The zero-order valence-electron chi connectivity index (χ0n) is 16.8. The summed E-state index contributed by atoms with van der Waals surface area (Å²) in [6, 6.07) is 8.60. The number of unbranched alkanes of at least 4 members (excludes halogenated alkanes) is 2. The van der Waals surface area contributed by atoms with Crippen LogP contribution < -0.4 is 0 Å². The van der Waals surface area contributed by atoms with Crippen LogP contribution in [0.2, 0.25) is 0 Å². The van der Waals surface area contributed by atoms with Gasteiger partial charge in [-0.1, -0.05) is 52.7 Å². The van der Waals surface area contributed by atoms with Gasteiger partial charge in [0.25, 0.3) is 0 Å². The van der Waals surface area contributed by atoms with Gasteiger partial charge in [0.2, 0.25) is 0 Å². The van der Waals surface area contributed by atoms with Crippen LogP contribution in [0.25, 0.3) is 11.0 Å². The molecule has 1 aromatic carbocycles. The Kier molecular flexibility index (Phi) is 8.47. The maximum atomic E-state index is 4.93. The van der Waals surface area contributed by atoms with E-state index < -0.39 is 0 Å². The van der Waals surface area contributed by atoms with Gasteiger partial charge in [-0.3, -0.25) is 0 Å². The van der Waals surface area contributed by atoms with Crippen molar-refractivity contribution in [2.45, 2.75) is 78.7 Å². The molecule has 1 atom stereocenters. The van der Waals surface area contributed by atoms with Crippen molar-refractivity contribution in [1.29, 1.82) is 0 Å². The smallest absolute Gasteiger partial charge is 0.112 e. The average Bonchev–Trinajstić information content (AvgIpc) is 3.01. The predicted molar refractivity (Wildman–Crippen MR) is 109 cm³/mol. The molecule has 1 heterocycles. The van der Waals surface area contributed by atoms with Crippen LogP contribution in [0.5, 0.6) is 0 Å². The first-order chi connectivity index (χ1) is 12.2. The van der Waals surface area contributed by atoms with E-state index in [9.17, 15) is 0 Å². The molecule has 0 spiro atoms. The molecule has 0 saturated carbocycles. The standard InChI is InChI=1S/C22H37N3/c1-5-8-15-24(16-9-6-2)17-12-18-25-21-14-11-10-13-20(21)23-22(25)19(4)7-3/h10-11,13-14,19H,5-9,12,15-18H2,1-4H3. The Bertz CT molecular complexity index is 609. The topological polar surface area (TPSA) is 21.1 Å². The third-order valence-corrected chi connectivity index (χ3v) is 5.25. The molecule has 0 amide bonds. The molecular weight excluding hydrogens is 306 g/mol. The molecule has 0 N–H and O–H groups in total. The van der Waals surface area contributed by atoms with E-state index in [0.717, 1.165) is 18.5 Å². The van der Waals surface area contributed by atoms with E-state index in [-0.39, 0.29) is 0 Å². The van der Waals surface area contributed by atoms with E-state index in [1.165, 1.54) is 63.1 Å². The highest BCUT2D eigenvalue weighted by Crippen LogP contribution is 2.24. The highest BCUT2D eigenvalue weighted by molar-refractivity contribution is 5.76. The number of hydrogen-bond donors (Lipinski definition) is 0. The lowest BCUT2D eigenvalue weighted by molar-refractivity contribution is 0.257. The lowest BCUT2D eigenvalue weighted by Crippen LogP contribution is -2.28. The molecule has 1 unspecified atom stereocenters. The van der Waals surface area contributed by atoms with Gasteiger partial charge in [0, 0.05) is 12.5 Å². The first-order valence-electron chi connectivity index (χ1n) is 10.4. The second kappa shape index (κ2) is 10.6. The number of hydrogen-bond acceptors (Lipinski definition) is 2. The monoisotopic (exact) mass is 343 g/mol. The molecule has 140 valence electrons. The number of nitrogens with zero attached hydrogens (tertiary/aromatic N) is 3. The molecule has 0 saturated heterocycles. The summed E-state index contributed by atoms with van der Waals surface area (Å²) in [5.74, 6) is 1.78. The van der Waals surface area contributed by atoms with Gasteiger partial charge in [0.05, 0.1) is 11.0 Å². The molecule has 0 aliphatic heterocycles. The van der Waals surface area contributed by atoms with Crippen LogP contribution in [0.15, 0.2) is 24.3 Å². The Balaban J connectivity index is 2.05. The second-order valence-corrected chi connectivity index (χ2v) is 7.32. The fraction of sp³-hybridized carbons (Fsp3) is 0.682. The van der Waals surface area contributed by atoms with Crippen LogP contribution in [-0.2, 0) is 6.54 Å². The van der Waals surface area contributed by atoms with Crippen molar-refractivity contribution in [3.8, 4) is 0 Å². The zero-order valence-corrected chi connectivity index (χ0v) is 16.8. The predicted octanol–water partition coefficient (Wildman–Crippen LogP) is 5.84. The van der Waals surface area contributed by atoms with E-state index in [1.54, 1.807) is 0 Å². The minimum absolute atomic E-state index is 0.517. The number of aryl methyl sites for hydroxylation is 1. The molecule has 2 rings (SSSR count). The quantitative estimate of drug-likeness (QED) is 0.482. The molecule has 0 aliphatic carbocycles. The Morgan fingerprint density at radius 1 is 0.960 bits per heavy atom. The van der Waals surface area contributed by atoms with Gasteiger partial charge in [0.1, 0.15) is 5.82 Å². The molecule has 1 aromatic heterocycles. The molecule has 3 nitrogen and oxygen atoms in total. The fourth-order valence-corrected chi connectivity index (χ4v) is 3.44. The van der Waals surface area contributed by atoms with Gasteiger partial charge in [0.15, 0.2) is 0 Å². The lowest BCUT2D eigenvalue weighted by Gasteiger charge is -2.22. The van der Waals surface area contributed by atoms with Gasteiger partial charge in [-0.15, -0.1) is 0 Å². The largest absolute Gasteiger partial charge is 0.328 e. The summed E-state index contributed by atoms with van der Waals surface area (Å²) in [5.41, 5.74) is 2.44. The molecule has 0 bridgehead atoms. The number of para-hydroxylation sites is 2. The van der Waals surface area contributed by atoms with E-state index in [1.807, 2.05) is 0 Å². The summed E-state index contributed by atoms with van der Waals surface area (Å²) in [6.07, 6.45) is 7.55. The number of fused-ring (bicyclic) bond motifs is 1. The number of rotatable bonds is 12. The van der Waals surface area contributed by atoms with E-state index in [0.29, 0.717) is 5.92 Å². The summed E-state index contributed by atoms with van der Waals surface area (Å²) in [5, 5.41) is 0. The van der Waals surface area contributed by atoms with Gasteiger partial charge in [-0.05, 0) is 57.5 Å². The summed E-state index contributed by atoms with van der Waals surface area (Å²) >= 11 is 0. The SMILES string of the molecule is CCCCN(CCCC)CCCn1c(C(C)CC)nc2ccccc21. The summed E-state index contributed by atoms with van der Waals surface area (Å²) in [7, 11) is 0. The molecular formula is C22H37N3. The van der Waals surface area contributed by atoms with Crippen molar-refractivity contribution in [1.82, 2.24) is 14.5 Å². The fourth-order valence-electron chi connectivity index (χ4n) is 3.44. The van der Waals surface area contributed by atoms with Crippen LogP contribution in [0.3, 0.4) is 0 Å². The van der Waals surface area contributed by atoms with Crippen LogP contribution in [-0.4, -0.2) is 34.1 Å². The van der Waals surface area contributed by atoms with Crippen LogP contribution in [0.4, 0.5) is 0 Å². The van der Waals surface area contributed by atoms with Crippen LogP contribution in [0.1, 0.15) is 78.0 Å². The maximum Gasteiger partial charge on any atom is 0.112 e. The van der Waals surface area contributed by atoms with Gasteiger partial charge in [-0.25, -0.2) is 4.98 Å². The molecule has 0 aliphatic rings. The minimum Gasteiger partial charge on any atom is -0.328 e. The number of aromatic nitrogens is 2. The Hall–Kier alpha value is -1.35. The van der Waals surface area contributed by atoms with Crippen molar-refractivity contribution in [3.05, 3.63) is 30.1 Å². The highest BCUT2D eigenvalue weighted by Gasteiger charge is 2.15. The van der Waals surface area contributed by atoms with Crippen molar-refractivity contribution in [2.24, 2.45) is 0 Å². The van der Waals surface area contributed by atoms with Crippen molar-refractivity contribution >= 4 is 11.0 Å². The maximum absolute atomic E-state index is 4.93. The minimum atomic E-state index is 0.517. The molecule has 25 heavy (non-hydrogen) atoms.